The summed E-state index contributed by atoms with van der Waals surface area (Å²) in [4.78, 5) is 77.3. The predicted octanol–water partition coefficient (Wildman–Crippen LogP) is 4.26. The molecule has 0 aliphatic carbocycles. The quantitative estimate of drug-likeness (QED) is 0.103. The van der Waals surface area contributed by atoms with Gasteiger partial charge in [0.25, 0.3) is 0 Å². The second kappa shape index (κ2) is 26.7. The Morgan fingerprint density at radius 2 is 1.48 bits per heavy atom. The number of carbonyl (C=O) groups is 5. The standard InChI is InChI=1S/C46H83N7O7/c1-18-22-34(20-3)27-35(44(56)47-24-26-50(12)13)48-43(55)33(11)42(60-17)36-23-21-25-53(36)38(54)28-37(59-16)41(32(10)19-2)52(15)46(58)39(29(4)5)49-45(57)40(30(6)7)51(14)31(8)9/h18,20,22,29-33,35-37,39-42H,1,3,19,21,23-28H2,2,4-17H3,(H,47,56)(H,48,55)(H,49,57)/b34-22+/t32-,33+,35-,36?,37+,39-,40-,41-,42+/m0/s1. The molecular formula is C46H83N7O7. The summed E-state index contributed by atoms with van der Waals surface area (Å²) < 4.78 is 12.1. The van der Waals surface area contributed by atoms with Crippen molar-refractivity contribution < 1.29 is 33.4 Å². The third kappa shape index (κ3) is 15.7. The molecule has 0 radical (unpaired) electrons. The van der Waals surface area contributed by atoms with E-state index in [1.54, 1.807) is 49.1 Å². The average Bonchev–Trinajstić information content (AvgIpc) is 3.67. The highest BCUT2D eigenvalue weighted by Gasteiger charge is 2.43. The molecule has 1 unspecified atom stereocenters. The van der Waals surface area contributed by atoms with E-state index in [0.717, 1.165) is 18.4 Å². The lowest BCUT2D eigenvalue weighted by Gasteiger charge is -2.41. The summed E-state index contributed by atoms with van der Waals surface area (Å²) in [6.45, 7) is 26.9. The van der Waals surface area contributed by atoms with Crippen molar-refractivity contribution in [3.8, 4) is 0 Å². The van der Waals surface area contributed by atoms with Gasteiger partial charge in [-0.1, -0.05) is 86.3 Å². The fourth-order valence-electron chi connectivity index (χ4n) is 8.20. The van der Waals surface area contributed by atoms with Gasteiger partial charge in [0.2, 0.25) is 29.5 Å². The number of nitrogens with one attached hydrogen (secondary N) is 3. The van der Waals surface area contributed by atoms with E-state index < -0.39 is 48.3 Å². The maximum absolute atomic E-state index is 14.4. The molecule has 14 heteroatoms. The van der Waals surface area contributed by atoms with Crippen molar-refractivity contribution >= 4 is 29.5 Å². The lowest BCUT2D eigenvalue weighted by molar-refractivity contribution is -0.148. The summed E-state index contributed by atoms with van der Waals surface area (Å²) in [5, 5.41) is 8.97. The average molecular weight is 846 g/mol. The number of carbonyl (C=O) groups excluding carboxylic acids is 5. The topological polar surface area (TPSA) is 153 Å². The molecule has 0 aromatic carbocycles. The van der Waals surface area contributed by atoms with Crippen LogP contribution in [0.25, 0.3) is 0 Å². The van der Waals surface area contributed by atoms with Crippen molar-refractivity contribution in [2.45, 2.75) is 143 Å². The molecule has 5 amide bonds. The second-order valence-corrected chi connectivity index (χ2v) is 17.8. The van der Waals surface area contributed by atoms with Crippen molar-refractivity contribution in [3.05, 3.63) is 37.0 Å². The molecule has 0 aromatic rings. The van der Waals surface area contributed by atoms with Crippen molar-refractivity contribution in [2.75, 3.05) is 62.0 Å². The molecule has 14 nitrogen and oxygen atoms in total. The number of likely N-dealkylation sites (tertiary alicyclic amines) is 1. The molecule has 3 N–H and O–H groups in total. The SMILES string of the molecule is C=C/C=C(\C=C)C[C@H](NC(=O)[C@H](C)[C@@H](OC)C1CCCN1C(=O)C[C@@H](OC)[C@H]([C@@H](C)CC)N(C)C(=O)[C@@H](NC(=O)[C@H](C(C)C)N(C)C(C)C)C(C)C)C(=O)NCCN(C)C. The van der Waals surface area contributed by atoms with E-state index in [0.29, 0.717) is 26.1 Å². The van der Waals surface area contributed by atoms with E-state index in [4.69, 9.17) is 9.47 Å². The van der Waals surface area contributed by atoms with E-state index in [9.17, 15) is 24.0 Å². The first-order valence-electron chi connectivity index (χ1n) is 21.9. The fourth-order valence-corrected chi connectivity index (χ4v) is 8.20. The summed E-state index contributed by atoms with van der Waals surface area (Å²) >= 11 is 0. The zero-order valence-corrected chi connectivity index (χ0v) is 39.9. The van der Waals surface area contributed by atoms with Gasteiger partial charge in [-0.25, -0.2) is 0 Å². The smallest absolute Gasteiger partial charge is 0.245 e. The Morgan fingerprint density at radius 3 is 1.97 bits per heavy atom. The van der Waals surface area contributed by atoms with Crippen LogP contribution in [0, 0.1) is 23.7 Å². The molecule has 1 aliphatic heterocycles. The maximum Gasteiger partial charge on any atom is 0.245 e. The van der Waals surface area contributed by atoms with Gasteiger partial charge in [-0.05, 0) is 71.2 Å². The maximum atomic E-state index is 14.4. The van der Waals surface area contributed by atoms with Gasteiger partial charge in [0.1, 0.15) is 12.1 Å². The minimum atomic E-state index is -0.869. The molecule has 9 atom stereocenters. The van der Waals surface area contributed by atoms with Crippen molar-refractivity contribution in [1.82, 2.24) is 35.6 Å². The van der Waals surface area contributed by atoms with Crippen LogP contribution < -0.4 is 16.0 Å². The van der Waals surface area contributed by atoms with Crippen LogP contribution >= 0.6 is 0 Å². The fraction of sp³-hybridized carbons (Fsp3) is 0.761. The zero-order valence-electron chi connectivity index (χ0n) is 39.9. The molecule has 60 heavy (non-hydrogen) atoms. The highest BCUT2D eigenvalue weighted by Crippen LogP contribution is 2.30. The van der Waals surface area contributed by atoms with Gasteiger partial charge in [0, 0.05) is 53.4 Å². The Morgan fingerprint density at radius 1 is 0.850 bits per heavy atom. The predicted molar refractivity (Wildman–Crippen MR) is 241 cm³/mol. The summed E-state index contributed by atoms with van der Waals surface area (Å²) in [7, 11) is 10.6. The molecule has 0 aromatic heterocycles. The molecule has 1 rings (SSSR count). The lowest BCUT2D eigenvalue weighted by atomic mass is 9.89. The number of methoxy groups -OCH3 is 2. The van der Waals surface area contributed by atoms with Crippen LogP contribution in [0.3, 0.4) is 0 Å². The third-order valence-electron chi connectivity index (χ3n) is 12.2. The van der Waals surface area contributed by atoms with Crippen LogP contribution in [0.15, 0.2) is 37.0 Å². The van der Waals surface area contributed by atoms with Crippen molar-refractivity contribution in [2.24, 2.45) is 23.7 Å². The Balaban J connectivity index is 3.36. The number of allylic oxidation sites excluding steroid dienone is 3. The molecule has 0 saturated carbocycles. The molecule has 1 aliphatic rings. The molecule has 1 heterocycles. The summed E-state index contributed by atoms with van der Waals surface area (Å²) in [6.07, 6.45) is 5.99. The Hall–Kier alpha value is -3.59. The van der Waals surface area contributed by atoms with Crippen LogP contribution in [-0.2, 0) is 33.4 Å². The van der Waals surface area contributed by atoms with Gasteiger partial charge in [0.05, 0.1) is 42.7 Å². The number of rotatable bonds is 27. The van der Waals surface area contributed by atoms with E-state index in [1.807, 2.05) is 86.3 Å². The molecule has 1 fully saturated rings. The minimum Gasteiger partial charge on any atom is -0.379 e. The summed E-state index contributed by atoms with van der Waals surface area (Å²) in [5.41, 5.74) is 0.746. The summed E-state index contributed by atoms with van der Waals surface area (Å²) in [6, 6.07) is -2.82. The van der Waals surface area contributed by atoms with Gasteiger partial charge in [-0.3, -0.25) is 28.9 Å². The zero-order chi connectivity index (χ0) is 46.0. The molecule has 0 bridgehead atoms. The van der Waals surface area contributed by atoms with Crippen LogP contribution in [0.1, 0.15) is 94.4 Å². The van der Waals surface area contributed by atoms with Gasteiger partial charge in [0.15, 0.2) is 0 Å². The number of nitrogens with zero attached hydrogens (tertiary/aromatic N) is 4. The Bertz CT molecular complexity index is 1430. The van der Waals surface area contributed by atoms with Crippen molar-refractivity contribution in [3.63, 3.8) is 0 Å². The number of hydrogen-bond donors (Lipinski definition) is 3. The first-order valence-corrected chi connectivity index (χ1v) is 21.9. The second-order valence-electron chi connectivity index (χ2n) is 17.8. The third-order valence-corrected chi connectivity index (χ3v) is 12.2. The molecular weight excluding hydrogens is 763 g/mol. The van der Waals surface area contributed by atoms with Gasteiger partial charge in [-0.15, -0.1) is 0 Å². The van der Waals surface area contributed by atoms with Crippen LogP contribution in [0.2, 0.25) is 0 Å². The first-order chi connectivity index (χ1) is 28.1. The number of likely N-dealkylation sites (N-methyl/N-ethyl adjacent to an activating group) is 3. The van der Waals surface area contributed by atoms with Gasteiger partial charge < -0.3 is 40.1 Å². The molecule has 344 valence electrons. The number of ether oxygens (including phenoxy) is 2. The lowest BCUT2D eigenvalue weighted by Crippen LogP contribution is -2.60. The van der Waals surface area contributed by atoms with Gasteiger partial charge in [-0.2, -0.15) is 0 Å². The normalized spacial score (nSPS) is 18.8. The van der Waals surface area contributed by atoms with E-state index in [1.165, 1.54) is 7.11 Å². The minimum absolute atomic E-state index is 0.000881. The van der Waals surface area contributed by atoms with Crippen LogP contribution in [0.5, 0.6) is 0 Å². The van der Waals surface area contributed by atoms with Crippen LogP contribution in [-0.4, -0.2) is 160 Å². The van der Waals surface area contributed by atoms with E-state index in [2.05, 4.69) is 29.1 Å². The largest absolute Gasteiger partial charge is 0.379 e. The van der Waals surface area contributed by atoms with Gasteiger partial charge >= 0.3 is 0 Å². The number of amides is 5. The monoisotopic (exact) mass is 846 g/mol. The van der Waals surface area contributed by atoms with E-state index in [-0.39, 0.29) is 66.2 Å². The van der Waals surface area contributed by atoms with Crippen LogP contribution in [0.4, 0.5) is 0 Å². The number of hydrogen-bond acceptors (Lipinski definition) is 9. The first kappa shape index (κ1) is 54.4. The highest BCUT2D eigenvalue weighted by atomic mass is 16.5. The van der Waals surface area contributed by atoms with Crippen molar-refractivity contribution in [1.29, 1.82) is 0 Å². The Kier molecular flexibility index (Phi) is 24.2. The molecule has 1 saturated heterocycles. The molecule has 0 spiro atoms. The summed E-state index contributed by atoms with van der Waals surface area (Å²) in [5.74, 6) is -2.21. The van der Waals surface area contributed by atoms with E-state index >= 15 is 0 Å². The Labute approximate surface area is 363 Å². The highest BCUT2D eigenvalue weighted by molar-refractivity contribution is 5.91.